The van der Waals surface area contributed by atoms with Gasteiger partial charge in [-0.2, -0.15) is 0 Å². The Morgan fingerprint density at radius 2 is 2.00 bits per heavy atom. The van der Waals surface area contributed by atoms with Gasteiger partial charge in [-0.15, -0.1) is 0 Å². The number of carbonyl (C=O) groups is 1. The van der Waals surface area contributed by atoms with Crippen molar-refractivity contribution in [2.75, 3.05) is 7.11 Å². The second kappa shape index (κ2) is 5.57. The van der Waals surface area contributed by atoms with Crippen LogP contribution in [0.2, 0.25) is 0 Å². The predicted molar refractivity (Wildman–Crippen MR) is 66.0 cm³/mol. The molecule has 2 rings (SSSR count). The molecule has 0 aromatic carbocycles. The Bertz CT molecular complexity index is 426. The van der Waals surface area contributed by atoms with Gasteiger partial charge in [-0.05, 0) is 18.9 Å². The highest BCUT2D eigenvalue weighted by Gasteiger charge is 2.40. The first-order chi connectivity index (χ1) is 8.69. The molecule has 0 radical (unpaired) electrons. The van der Waals surface area contributed by atoms with Crippen LogP contribution in [0.15, 0.2) is 18.5 Å². The van der Waals surface area contributed by atoms with Gasteiger partial charge < -0.3 is 4.74 Å². The molecule has 1 fully saturated rings. The molecular formula is C14H18FNO2. The summed E-state index contributed by atoms with van der Waals surface area (Å²) in [5.74, 6) is -0.810. The molecule has 0 N–H and O–H groups in total. The van der Waals surface area contributed by atoms with E-state index in [4.69, 9.17) is 4.74 Å². The van der Waals surface area contributed by atoms with Gasteiger partial charge in [0.2, 0.25) is 0 Å². The van der Waals surface area contributed by atoms with E-state index in [1.807, 2.05) is 0 Å². The molecule has 4 heteroatoms. The van der Waals surface area contributed by atoms with E-state index in [2.05, 4.69) is 4.98 Å². The van der Waals surface area contributed by atoms with Crippen LogP contribution in [0.3, 0.4) is 0 Å². The van der Waals surface area contributed by atoms with Crippen LogP contribution < -0.4 is 0 Å². The molecular weight excluding hydrogens is 233 g/mol. The van der Waals surface area contributed by atoms with E-state index >= 15 is 0 Å². The SMILES string of the molecule is COC1(C(=O)c2ccncc2F)CCCCCC1. The van der Waals surface area contributed by atoms with E-state index in [1.54, 1.807) is 7.11 Å². The van der Waals surface area contributed by atoms with E-state index < -0.39 is 11.4 Å². The minimum atomic E-state index is -0.849. The van der Waals surface area contributed by atoms with Crippen LogP contribution in [-0.2, 0) is 4.74 Å². The van der Waals surface area contributed by atoms with Crippen molar-refractivity contribution < 1.29 is 13.9 Å². The van der Waals surface area contributed by atoms with Crippen LogP contribution in [0.5, 0.6) is 0 Å². The standard InChI is InChI=1S/C14H18FNO2/c1-18-14(7-4-2-3-5-8-14)13(17)11-6-9-16-10-12(11)15/h6,9-10H,2-5,7-8H2,1H3. The quantitative estimate of drug-likeness (QED) is 0.612. The maximum atomic E-state index is 13.7. The van der Waals surface area contributed by atoms with E-state index in [1.165, 1.54) is 12.3 Å². The van der Waals surface area contributed by atoms with Crippen LogP contribution in [-0.4, -0.2) is 23.5 Å². The average molecular weight is 251 g/mol. The summed E-state index contributed by atoms with van der Waals surface area (Å²) in [5, 5.41) is 0. The number of carbonyl (C=O) groups excluding carboxylic acids is 1. The summed E-state index contributed by atoms with van der Waals surface area (Å²) in [7, 11) is 1.54. The van der Waals surface area contributed by atoms with Gasteiger partial charge in [0, 0.05) is 13.3 Å². The van der Waals surface area contributed by atoms with Crippen LogP contribution >= 0.6 is 0 Å². The number of hydrogen-bond donors (Lipinski definition) is 0. The van der Waals surface area contributed by atoms with Crippen molar-refractivity contribution in [3.8, 4) is 0 Å². The molecule has 1 saturated carbocycles. The zero-order valence-corrected chi connectivity index (χ0v) is 10.6. The van der Waals surface area contributed by atoms with Gasteiger partial charge in [0.15, 0.2) is 11.6 Å². The lowest BCUT2D eigenvalue weighted by atomic mass is 9.86. The topological polar surface area (TPSA) is 39.2 Å². The third-order valence-corrected chi connectivity index (χ3v) is 3.73. The van der Waals surface area contributed by atoms with E-state index in [0.29, 0.717) is 12.8 Å². The number of rotatable bonds is 3. The lowest BCUT2D eigenvalue weighted by Crippen LogP contribution is -2.40. The molecule has 0 amide bonds. The molecule has 1 aliphatic rings. The Kier molecular flexibility index (Phi) is 4.07. The van der Waals surface area contributed by atoms with Gasteiger partial charge in [0.05, 0.1) is 11.8 Å². The first kappa shape index (κ1) is 13.1. The molecule has 0 spiro atoms. The molecule has 98 valence electrons. The molecule has 3 nitrogen and oxygen atoms in total. The molecule has 0 unspecified atom stereocenters. The third-order valence-electron chi connectivity index (χ3n) is 3.73. The van der Waals surface area contributed by atoms with Gasteiger partial charge >= 0.3 is 0 Å². The number of ether oxygens (including phenoxy) is 1. The van der Waals surface area contributed by atoms with Crippen molar-refractivity contribution in [2.24, 2.45) is 0 Å². The zero-order valence-electron chi connectivity index (χ0n) is 10.6. The summed E-state index contributed by atoms with van der Waals surface area (Å²) in [4.78, 5) is 16.2. The lowest BCUT2D eigenvalue weighted by molar-refractivity contribution is -0.00724. The average Bonchev–Trinajstić information content (AvgIpc) is 2.65. The summed E-state index contributed by atoms with van der Waals surface area (Å²) < 4.78 is 19.2. The van der Waals surface area contributed by atoms with Crippen molar-refractivity contribution in [1.82, 2.24) is 4.98 Å². The van der Waals surface area contributed by atoms with Gasteiger partial charge in [0.25, 0.3) is 0 Å². The summed E-state index contributed by atoms with van der Waals surface area (Å²) in [6.45, 7) is 0. The fraction of sp³-hybridized carbons (Fsp3) is 0.571. The van der Waals surface area contributed by atoms with Gasteiger partial charge in [-0.25, -0.2) is 4.39 Å². The number of Topliss-reactive ketones (excluding diaryl/α,β-unsaturated/α-hetero) is 1. The largest absolute Gasteiger partial charge is 0.370 e. The number of methoxy groups -OCH3 is 1. The summed E-state index contributed by atoms with van der Waals surface area (Å²) in [6, 6.07) is 1.43. The number of hydrogen-bond acceptors (Lipinski definition) is 3. The lowest BCUT2D eigenvalue weighted by Gasteiger charge is -2.29. The first-order valence-corrected chi connectivity index (χ1v) is 6.39. The van der Waals surface area contributed by atoms with Crippen LogP contribution in [0, 0.1) is 5.82 Å². The Labute approximate surface area is 106 Å². The Hall–Kier alpha value is -1.29. The minimum Gasteiger partial charge on any atom is -0.370 e. The van der Waals surface area contributed by atoms with Crippen LogP contribution in [0.4, 0.5) is 4.39 Å². The molecule has 0 atom stereocenters. The Morgan fingerprint density at radius 3 is 2.56 bits per heavy atom. The highest BCUT2D eigenvalue weighted by Crippen LogP contribution is 2.33. The summed E-state index contributed by atoms with van der Waals surface area (Å²) >= 11 is 0. The third kappa shape index (κ3) is 2.43. The van der Waals surface area contributed by atoms with Crippen molar-refractivity contribution in [3.63, 3.8) is 0 Å². The maximum Gasteiger partial charge on any atom is 0.197 e. The molecule has 1 aromatic rings. The fourth-order valence-electron chi connectivity index (χ4n) is 2.63. The van der Waals surface area contributed by atoms with Crippen molar-refractivity contribution in [2.45, 2.75) is 44.1 Å². The number of ketones is 1. The Balaban J connectivity index is 2.32. The normalized spacial score (nSPS) is 19.2. The fourth-order valence-corrected chi connectivity index (χ4v) is 2.63. The molecule has 18 heavy (non-hydrogen) atoms. The highest BCUT2D eigenvalue weighted by molar-refractivity contribution is 6.02. The number of nitrogens with zero attached hydrogens (tertiary/aromatic N) is 1. The van der Waals surface area contributed by atoms with E-state index in [9.17, 15) is 9.18 Å². The number of halogens is 1. The summed E-state index contributed by atoms with van der Waals surface area (Å²) in [6.07, 6.45) is 7.98. The first-order valence-electron chi connectivity index (χ1n) is 6.39. The van der Waals surface area contributed by atoms with Crippen molar-refractivity contribution in [3.05, 3.63) is 29.8 Å². The predicted octanol–water partition coefficient (Wildman–Crippen LogP) is 3.14. The molecule has 1 aliphatic carbocycles. The van der Waals surface area contributed by atoms with Crippen LogP contribution in [0.1, 0.15) is 48.9 Å². The van der Waals surface area contributed by atoms with Gasteiger partial charge in [0.1, 0.15) is 5.60 Å². The smallest absolute Gasteiger partial charge is 0.197 e. The van der Waals surface area contributed by atoms with Crippen molar-refractivity contribution >= 4 is 5.78 Å². The second-order valence-corrected chi connectivity index (χ2v) is 4.80. The van der Waals surface area contributed by atoms with Crippen molar-refractivity contribution in [1.29, 1.82) is 0 Å². The van der Waals surface area contributed by atoms with E-state index in [-0.39, 0.29) is 11.3 Å². The van der Waals surface area contributed by atoms with Crippen LogP contribution in [0.25, 0.3) is 0 Å². The number of aromatic nitrogens is 1. The highest BCUT2D eigenvalue weighted by atomic mass is 19.1. The number of pyridine rings is 1. The maximum absolute atomic E-state index is 13.7. The monoisotopic (exact) mass is 251 g/mol. The molecule has 0 saturated heterocycles. The molecule has 1 aromatic heterocycles. The second-order valence-electron chi connectivity index (χ2n) is 4.80. The molecule has 0 bridgehead atoms. The van der Waals surface area contributed by atoms with Gasteiger partial charge in [-0.3, -0.25) is 9.78 Å². The Morgan fingerprint density at radius 1 is 1.33 bits per heavy atom. The minimum absolute atomic E-state index is 0.0914. The van der Waals surface area contributed by atoms with E-state index in [0.717, 1.165) is 31.9 Å². The van der Waals surface area contributed by atoms with Gasteiger partial charge in [-0.1, -0.05) is 25.7 Å². The molecule has 1 heterocycles. The molecule has 0 aliphatic heterocycles. The zero-order chi connectivity index (χ0) is 13.0. The summed E-state index contributed by atoms with van der Waals surface area (Å²) in [5.41, 5.74) is -0.757.